The van der Waals surface area contributed by atoms with Gasteiger partial charge in [0, 0.05) is 18.7 Å². The molecule has 136 valence electrons. The molecule has 0 aliphatic rings. The van der Waals surface area contributed by atoms with Crippen molar-refractivity contribution < 1.29 is 13.5 Å². The monoisotopic (exact) mass is 342 g/mol. The number of hydrogen-bond acceptors (Lipinski definition) is 3. The predicted molar refractivity (Wildman–Crippen MR) is 93.8 cm³/mol. The second-order valence-electron chi connectivity index (χ2n) is 5.77. The maximum atomic E-state index is 12.5. The Morgan fingerprint density at radius 2 is 2.04 bits per heavy atom. The zero-order valence-corrected chi connectivity index (χ0v) is 14.9. The number of aryl methyl sites for hydroxylation is 1. The predicted octanol–water partition coefficient (Wildman–Crippen LogP) is 2.60. The van der Waals surface area contributed by atoms with E-state index in [0.717, 1.165) is 31.6 Å². The number of ether oxygens (including phenoxy) is 1. The van der Waals surface area contributed by atoms with Crippen LogP contribution in [0.5, 0.6) is 5.75 Å². The van der Waals surface area contributed by atoms with E-state index in [2.05, 4.69) is 25.3 Å². The van der Waals surface area contributed by atoms with Crippen molar-refractivity contribution in [3.63, 3.8) is 0 Å². The van der Waals surface area contributed by atoms with Crippen molar-refractivity contribution in [2.24, 2.45) is 4.99 Å². The molecule has 0 spiro atoms. The average Bonchev–Trinajstić information content (AvgIpc) is 2.50. The summed E-state index contributed by atoms with van der Waals surface area (Å²) >= 11 is 0. The summed E-state index contributed by atoms with van der Waals surface area (Å²) in [7, 11) is 4.06. The number of hydrogen-bond donors (Lipinski definition) is 2. The van der Waals surface area contributed by atoms with E-state index in [-0.39, 0.29) is 12.3 Å². The van der Waals surface area contributed by atoms with Gasteiger partial charge < -0.3 is 20.3 Å². The lowest BCUT2D eigenvalue weighted by Gasteiger charge is -2.14. The van der Waals surface area contributed by atoms with Gasteiger partial charge in [0.2, 0.25) is 0 Å². The Hall–Kier alpha value is -1.89. The lowest BCUT2D eigenvalue weighted by atomic mass is 10.1. The molecule has 0 unspecified atom stereocenters. The summed E-state index contributed by atoms with van der Waals surface area (Å²) < 4.78 is 29.6. The number of nitrogens with one attached hydrogen (secondary N) is 2. The fourth-order valence-corrected chi connectivity index (χ4v) is 2.15. The van der Waals surface area contributed by atoms with Crippen molar-refractivity contribution in [1.82, 2.24) is 15.5 Å². The summed E-state index contributed by atoms with van der Waals surface area (Å²) in [5.41, 5.74) is 1.62. The molecule has 0 bridgehead atoms. The molecule has 1 rings (SSSR count). The number of guanidine groups is 1. The molecule has 0 fully saturated rings. The first-order valence-electron chi connectivity index (χ1n) is 8.13. The van der Waals surface area contributed by atoms with Crippen LogP contribution in [0.1, 0.15) is 24.5 Å². The van der Waals surface area contributed by atoms with Gasteiger partial charge in [-0.1, -0.05) is 17.7 Å². The molecule has 7 heteroatoms. The third-order valence-corrected chi connectivity index (χ3v) is 3.26. The molecule has 24 heavy (non-hydrogen) atoms. The van der Waals surface area contributed by atoms with Gasteiger partial charge in [-0.05, 0) is 47.0 Å². The summed E-state index contributed by atoms with van der Waals surface area (Å²) in [6.07, 6.45) is 0.988. The molecule has 0 saturated heterocycles. The van der Waals surface area contributed by atoms with Crippen molar-refractivity contribution >= 4 is 5.96 Å². The van der Waals surface area contributed by atoms with E-state index in [1.54, 1.807) is 12.1 Å². The Morgan fingerprint density at radius 3 is 2.67 bits per heavy atom. The van der Waals surface area contributed by atoms with Crippen molar-refractivity contribution in [1.29, 1.82) is 0 Å². The van der Waals surface area contributed by atoms with Crippen LogP contribution in [-0.2, 0) is 6.54 Å². The highest BCUT2D eigenvalue weighted by molar-refractivity contribution is 5.79. The topological polar surface area (TPSA) is 48.9 Å². The molecule has 0 heterocycles. The SMILES string of the molecule is CCNC(=NCc1cc(C)ccc1OC(F)F)NCCCN(C)C. The van der Waals surface area contributed by atoms with Crippen LogP contribution in [0.4, 0.5) is 8.78 Å². The van der Waals surface area contributed by atoms with Crippen molar-refractivity contribution in [3.8, 4) is 5.75 Å². The van der Waals surface area contributed by atoms with Gasteiger partial charge in [0.25, 0.3) is 0 Å². The molecular weight excluding hydrogens is 314 g/mol. The minimum absolute atomic E-state index is 0.169. The largest absolute Gasteiger partial charge is 0.434 e. The standard InChI is InChI=1S/C17H28F2N4O/c1-5-20-17(21-9-6-10-23(3)4)22-12-14-11-13(2)7-8-15(14)24-16(18)19/h7-8,11,16H,5-6,9-10,12H2,1-4H3,(H2,20,21,22). The quantitative estimate of drug-likeness (QED) is 0.411. The van der Waals surface area contributed by atoms with Crippen LogP contribution in [-0.4, -0.2) is 51.2 Å². The van der Waals surface area contributed by atoms with E-state index in [9.17, 15) is 8.78 Å². The molecule has 2 N–H and O–H groups in total. The fourth-order valence-electron chi connectivity index (χ4n) is 2.15. The number of alkyl halides is 2. The van der Waals surface area contributed by atoms with Gasteiger partial charge in [0.1, 0.15) is 5.75 Å². The fraction of sp³-hybridized carbons (Fsp3) is 0.588. The molecule has 0 atom stereocenters. The van der Waals surface area contributed by atoms with E-state index in [1.807, 2.05) is 34.0 Å². The Morgan fingerprint density at radius 1 is 1.29 bits per heavy atom. The summed E-state index contributed by atoms with van der Waals surface area (Å²) in [6, 6.07) is 5.12. The van der Waals surface area contributed by atoms with Crippen LogP contribution in [0.25, 0.3) is 0 Å². The molecule has 0 saturated carbocycles. The minimum Gasteiger partial charge on any atom is -0.434 e. The van der Waals surface area contributed by atoms with Gasteiger partial charge in [0.05, 0.1) is 6.54 Å². The Labute approximate surface area is 143 Å². The van der Waals surface area contributed by atoms with Gasteiger partial charge in [-0.15, -0.1) is 0 Å². The van der Waals surface area contributed by atoms with E-state index in [1.165, 1.54) is 0 Å². The first kappa shape index (κ1) is 20.2. The Bertz CT molecular complexity index is 521. The van der Waals surface area contributed by atoms with E-state index in [0.29, 0.717) is 11.5 Å². The first-order chi connectivity index (χ1) is 11.4. The van der Waals surface area contributed by atoms with Crippen molar-refractivity contribution in [2.45, 2.75) is 33.4 Å². The lowest BCUT2D eigenvalue weighted by molar-refractivity contribution is -0.0504. The van der Waals surface area contributed by atoms with Crippen molar-refractivity contribution in [3.05, 3.63) is 29.3 Å². The normalized spacial score (nSPS) is 11.9. The smallest absolute Gasteiger partial charge is 0.387 e. The number of aliphatic imine (C=N–C) groups is 1. The highest BCUT2D eigenvalue weighted by atomic mass is 19.3. The van der Waals surface area contributed by atoms with Gasteiger partial charge in [-0.3, -0.25) is 0 Å². The lowest BCUT2D eigenvalue weighted by Crippen LogP contribution is -2.38. The number of nitrogens with zero attached hydrogens (tertiary/aromatic N) is 2. The molecule has 0 aliphatic heterocycles. The number of rotatable bonds is 9. The zero-order valence-electron chi connectivity index (χ0n) is 14.9. The van der Waals surface area contributed by atoms with Crippen molar-refractivity contribution in [2.75, 3.05) is 33.7 Å². The van der Waals surface area contributed by atoms with E-state index >= 15 is 0 Å². The van der Waals surface area contributed by atoms with Crippen LogP contribution in [0.15, 0.2) is 23.2 Å². The Kier molecular flexibility index (Phi) is 9.07. The third kappa shape index (κ3) is 8.10. The van der Waals surface area contributed by atoms with Crippen LogP contribution >= 0.6 is 0 Å². The highest BCUT2D eigenvalue weighted by Crippen LogP contribution is 2.22. The van der Waals surface area contributed by atoms with Gasteiger partial charge in [0.15, 0.2) is 5.96 Å². The molecular formula is C17H28F2N4O. The number of benzene rings is 1. The zero-order chi connectivity index (χ0) is 17.9. The van der Waals surface area contributed by atoms with Gasteiger partial charge >= 0.3 is 6.61 Å². The molecule has 0 aromatic heterocycles. The maximum absolute atomic E-state index is 12.5. The molecule has 1 aromatic rings. The summed E-state index contributed by atoms with van der Waals surface area (Å²) in [5.74, 6) is 0.837. The minimum atomic E-state index is -2.84. The summed E-state index contributed by atoms with van der Waals surface area (Å²) in [6.45, 7) is 3.82. The molecule has 0 aliphatic carbocycles. The van der Waals surface area contributed by atoms with Gasteiger partial charge in [-0.2, -0.15) is 8.78 Å². The van der Waals surface area contributed by atoms with Crippen LogP contribution in [0.3, 0.4) is 0 Å². The molecule has 0 amide bonds. The molecule has 0 radical (unpaired) electrons. The second-order valence-corrected chi connectivity index (χ2v) is 5.77. The maximum Gasteiger partial charge on any atom is 0.387 e. The summed E-state index contributed by atoms with van der Waals surface area (Å²) in [4.78, 5) is 6.58. The summed E-state index contributed by atoms with van der Waals surface area (Å²) in [5, 5.41) is 6.40. The molecule has 5 nitrogen and oxygen atoms in total. The van der Waals surface area contributed by atoms with E-state index < -0.39 is 6.61 Å². The van der Waals surface area contributed by atoms with E-state index in [4.69, 9.17) is 0 Å². The van der Waals surface area contributed by atoms with Gasteiger partial charge in [-0.25, -0.2) is 4.99 Å². The highest BCUT2D eigenvalue weighted by Gasteiger charge is 2.10. The molecule has 1 aromatic carbocycles. The number of halogens is 2. The Balaban J connectivity index is 2.72. The second kappa shape index (κ2) is 10.8. The van der Waals surface area contributed by atoms with Crippen LogP contribution in [0.2, 0.25) is 0 Å². The first-order valence-corrected chi connectivity index (χ1v) is 8.13. The van der Waals surface area contributed by atoms with Crippen LogP contribution < -0.4 is 15.4 Å². The third-order valence-electron chi connectivity index (χ3n) is 3.26. The average molecular weight is 342 g/mol. The van der Waals surface area contributed by atoms with Crippen LogP contribution in [0, 0.1) is 6.92 Å².